The molecule has 1 saturated carbocycles. The minimum atomic E-state index is -0.952. The molecule has 3 aliphatic heterocycles. The molecular formula is C28H44O6. The van der Waals surface area contributed by atoms with Crippen molar-refractivity contribution in [1.29, 1.82) is 0 Å². The van der Waals surface area contributed by atoms with Crippen LogP contribution in [0, 0.1) is 23.7 Å². The van der Waals surface area contributed by atoms with Crippen LogP contribution in [0.3, 0.4) is 0 Å². The zero-order valence-electron chi connectivity index (χ0n) is 21.5. The minimum Gasteiger partial charge on any atom is -0.459 e. The van der Waals surface area contributed by atoms with Crippen LogP contribution in [-0.2, 0) is 23.8 Å². The molecule has 34 heavy (non-hydrogen) atoms. The van der Waals surface area contributed by atoms with Crippen LogP contribution in [0.25, 0.3) is 0 Å². The van der Waals surface area contributed by atoms with Crippen molar-refractivity contribution in [1.82, 2.24) is 0 Å². The third kappa shape index (κ3) is 4.75. The molecule has 0 unspecified atom stereocenters. The Morgan fingerprint density at radius 1 is 1.21 bits per heavy atom. The third-order valence-corrected chi connectivity index (χ3v) is 9.25. The molecule has 0 amide bonds. The molecule has 6 heteroatoms. The van der Waals surface area contributed by atoms with Gasteiger partial charge >= 0.3 is 5.97 Å². The maximum atomic E-state index is 13.1. The molecule has 9 atom stereocenters. The monoisotopic (exact) mass is 476 g/mol. The van der Waals surface area contributed by atoms with Crippen LogP contribution in [0.1, 0.15) is 91.9 Å². The summed E-state index contributed by atoms with van der Waals surface area (Å²) < 4.78 is 19.3. The molecule has 3 saturated heterocycles. The fraction of sp³-hybridized carbons (Fsp3) is 0.857. The van der Waals surface area contributed by atoms with Gasteiger partial charge in [0.2, 0.25) is 0 Å². The summed E-state index contributed by atoms with van der Waals surface area (Å²) in [5, 5.41) is 11.4. The zero-order valence-corrected chi connectivity index (χ0v) is 21.5. The molecule has 2 bridgehead atoms. The highest BCUT2D eigenvalue weighted by Gasteiger charge is 2.66. The Hall–Kier alpha value is -1.24. The third-order valence-electron chi connectivity index (χ3n) is 9.25. The maximum Gasteiger partial charge on any atom is 0.306 e. The maximum absolute atomic E-state index is 13.1. The van der Waals surface area contributed by atoms with Crippen molar-refractivity contribution in [3.8, 4) is 0 Å². The Labute approximate surface area is 204 Å². The number of esters is 1. The van der Waals surface area contributed by atoms with Crippen molar-refractivity contribution in [2.24, 2.45) is 23.7 Å². The number of aliphatic hydroxyl groups is 1. The Bertz CT molecular complexity index is 790. The van der Waals surface area contributed by atoms with Crippen LogP contribution in [0.15, 0.2) is 12.2 Å². The summed E-state index contributed by atoms with van der Waals surface area (Å²) in [6.45, 7) is 12.8. The lowest BCUT2D eigenvalue weighted by molar-refractivity contribution is -0.202. The normalized spacial score (nSPS) is 44.1. The quantitative estimate of drug-likeness (QED) is 0.324. The molecule has 1 N–H and O–H groups in total. The molecule has 192 valence electrons. The van der Waals surface area contributed by atoms with Gasteiger partial charge in [0.05, 0.1) is 30.8 Å². The number of ether oxygens (including phenoxy) is 3. The molecule has 0 aromatic carbocycles. The van der Waals surface area contributed by atoms with Crippen LogP contribution in [-0.4, -0.2) is 53.0 Å². The molecule has 0 spiro atoms. The van der Waals surface area contributed by atoms with Gasteiger partial charge in [0, 0.05) is 18.8 Å². The number of carbonyl (C=O) groups excluding carboxylic acids is 2. The van der Waals surface area contributed by atoms with Gasteiger partial charge in [0.25, 0.3) is 0 Å². The molecule has 1 aliphatic carbocycles. The van der Waals surface area contributed by atoms with Gasteiger partial charge in [-0.05, 0) is 56.4 Å². The molecule has 3 heterocycles. The van der Waals surface area contributed by atoms with E-state index in [1.165, 1.54) is 6.42 Å². The molecule has 4 fully saturated rings. The van der Waals surface area contributed by atoms with Crippen molar-refractivity contribution >= 4 is 11.8 Å². The number of rotatable bonds is 7. The first-order valence-corrected chi connectivity index (χ1v) is 13.5. The van der Waals surface area contributed by atoms with E-state index < -0.39 is 17.3 Å². The van der Waals surface area contributed by atoms with Crippen LogP contribution < -0.4 is 0 Å². The minimum absolute atomic E-state index is 0.0658. The molecule has 0 aromatic rings. The number of hydrogen-bond donors (Lipinski definition) is 1. The number of carbonyl (C=O) groups is 2. The van der Waals surface area contributed by atoms with E-state index in [0.717, 1.165) is 32.1 Å². The number of Topliss-reactive ketones (excluding diaryl/α,β-unsaturated/α-hetero) is 1. The van der Waals surface area contributed by atoms with Gasteiger partial charge in [-0.1, -0.05) is 46.1 Å². The van der Waals surface area contributed by atoms with Crippen LogP contribution in [0.2, 0.25) is 0 Å². The highest BCUT2D eigenvalue weighted by Crippen LogP contribution is 2.58. The standard InChI is InChI=1S/C28H44O6/c1-6-7-8-9-10-11-23(30)34-22-15-20(29)17(2)14-21-25-24-19(12-13-27(25,4)31)18(3)16-32-28(22,5)26(24)33-21/h18-19,21-22,24-26,31H,2,6-16H2,1,3-5H3/t18-,19-,21-,22+,24-,25-,26-,27-,28-/m0/s1. The van der Waals surface area contributed by atoms with Crippen molar-refractivity contribution in [3.05, 3.63) is 12.2 Å². The molecule has 4 aliphatic rings. The predicted octanol–water partition coefficient (Wildman–Crippen LogP) is 4.76. The van der Waals surface area contributed by atoms with E-state index in [9.17, 15) is 14.7 Å². The lowest BCUT2D eigenvalue weighted by atomic mass is 9.58. The first-order valence-electron chi connectivity index (χ1n) is 13.5. The molecule has 0 aromatic heterocycles. The zero-order chi connectivity index (χ0) is 24.7. The summed E-state index contributed by atoms with van der Waals surface area (Å²) in [5.41, 5.74) is -1.34. The Balaban J connectivity index is 1.63. The van der Waals surface area contributed by atoms with E-state index in [2.05, 4.69) is 20.4 Å². The van der Waals surface area contributed by atoms with Crippen LogP contribution in [0.5, 0.6) is 0 Å². The Morgan fingerprint density at radius 2 is 1.94 bits per heavy atom. The first kappa shape index (κ1) is 25.8. The topological polar surface area (TPSA) is 82.1 Å². The van der Waals surface area contributed by atoms with E-state index in [1.807, 2.05) is 13.8 Å². The number of fused-ring (bicyclic) bond motifs is 2. The van der Waals surface area contributed by atoms with Crippen molar-refractivity contribution < 1.29 is 28.9 Å². The highest BCUT2D eigenvalue weighted by molar-refractivity contribution is 5.95. The molecule has 0 radical (unpaired) electrons. The highest BCUT2D eigenvalue weighted by atomic mass is 16.6. The Morgan fingerprint density at radius 3 is 2.68 bits per heavy atom. The molecular weight excluding hydrogens is 432 g/mol. The second-order valence-electron chi connectivity index (χ2n) is 11.8. The van der Waals surface area contributed by atoms with Crippen molar-refractivity contribution in [2.45, 2.75) is 121 Å². The van der Waals surface area contributed by atoms with Gasteiger partial charge in [-0.25, -0.2) is 0 Å². The molecule has 4 rings (SSSR count). The van der Waals surface area contributed by atoms with E-state index in [0.29, 0.717) is 43.3 Å². The van der Waals surface area contributed by atoms with E-state index >= 15 is 0 Å². The second-order valence-corrected chi connectivity index (χ2v) is 11.8. The number of unbranched alkanes of at least 4 members (excludes halogenated alkanes) is 4. The van der Waals surface area contributed by atoms with Gasteiger partial charge in [-0.3, -0.25) is 9.59 Å². The van der Waals surface area contributed by atoms with Crippen molar-refractivity contribution in [3.63, 3.8) is 0 Å². The lowest BCUT2D eigenvalue weighted by Crippen LogP contribution is -2.58. The van der Waals surface area contributed by atoms with Gasteiger partial charge < -0.3 is 19.3 Å². The van der Waals surface area contributed by atoms with Crippen LogP contribution >= 0.6 is 0 Å². The fourth-order valence-corrected chi connectivity index (χ4v) is 7.19. The largest absolute Gasteiger partial charge is 0.459 e. The van der Waals surface area contributed by atoms with Crippen molar-refractivity contribution in [2.75, 3.05) is 6.61 Å². The van der Waals surface area contributed by atoms with Gasteiger partial charge in [0.15, 0.2) is 5.78 Å². The van der Waals surface area contributed by atoms with E-state index in [-0.39, 0.29) is 42.2 Å². The summed E-state index contributed by atoms with van der Waals surface area (Å²) in [7, 11) is 0. The number of ketones is 1. The smallest absolute Gasteiger partial charge is 0.306 e. The summed E-state index contributed by atoms with van der Waals surface area (Å²) in [6, 6.07) is 0. The summed E-state index contributed by atoms with van der Waals surface area (Å²) in [4.78, 5) is 26.0. The molecule has 6 nitrogen and oxygen atoms in total. The van der Waals surface area contributed by atoms with E-state index in [1.54, 1.807) is 0 Å². The van der Waals surface area contributed by atoms with Gasteiger partial charge in [-0.15, -0.1) is 0 Å². The Kier molecular flexibility index (Phi) is 7.62. The predicted molar refractivity (Wildman–Crippen MR) is 129 cm³/mol. The summed E-state index contributed by atoms with van der Waals surface area (Å²) >= 11 is 0. The first-order chi connectivity index (χ1) is 16.1. The van der Waals surface area contributed by atoms with Gasteiger partial charge in [-0.2, -0.15) is 0 Å². The fourth-order valence-electron chi connectivity index (χ4n) is 7.19. The SMILES string of the molecule is C=C1C[C@@H]2O[C@H]3[C@H]4[C@@H](CC[C@](C)(O)[C@H]42)[C@@H](C)CO[C@@]3(C)[C@H](OC(=O)CCCCCCC)CC1=O. The second kappa shape index (κ2) is 10.0. The lowest BCUT2D eigenvalue weighted by Gasteiger charge is -2.48. The average molecular weight is 477 g/mol. The van der Waals surface area contributed by atoms with Crippen LogP contribution in [0.4, 0.5) is 0 Å². The average Bonchev–Trinajstić information content (AvgIpc) is 3.13. The van der Waals surface area contributed by atoms with E-state index in [4.69, 9.17) is 14.2 Å². The number of hydrogen-bond acceptors (Lipinski definition) is 6. The summed E-state index contributed by atoms with van der Waals surface area (Å²) in [6.07, 6.45) is 6.32. The summed E-state index contributed by atoms with van der Waals surface area (Å²) in [5.74, 6) is 0.261. The van der Waals surface area contributed by atoms with Gasteiger partial charge in [0.1, 0.15) is 11.7 Å².